The zero-order chi connectivity index (χ0) is 12.3. The lowest BCUT2D eigenvalue weighted by molar-refractivity contribution is 0.0967. The molecule has 2 rings (SSSR count). The van der Waals surface area contributed by atoms with Crippen molar-refractivity contribution in [2.24, 2.45) is 0 Å². The lowest BCUT2D eigenvalue weighted by Crippen LogP contribution is -2.40. The van der Waals surface area contributed by atoms with Crippen LogP contribution in [0.3, 0.4) is 0 Å². The number of ether oxygens (including phenoxy) is 1. The molecule has 3 nitrogen and oxygen atoms in total. The Morgan fingerprint density at radius 2 is 2.41 bits per heavy atom. The number of fused-ring (bicyclic) bond motifs is 1. The van der Waals surface area contributed by atoms with Crippen LogP contribution in [0.1, 0.15) is 12.0 Å². The third kappa shape index (κ3) is 2.91. The van der Waals surface area contributed by atoms with Crippen molar-refractivity contribution in [1.82, 2.24) is 0 Å². The van der Waals surface area contributed by atoms with Crippen molar-refractivity contribution in [2.75, 3.05) is 19.8 Å². The predicted octanol–water partition coefficient (Wildman–Crippen LogP) is 3.48. The summed E-state index contributed by atoms with van der Waals surface area (Å²) in [5, 5.41) is 9.74. The molecule has 0 fully saturated rings. The van der Waals surface area contributed by atoms with Gasteiger partial charge in [0.15, 0.2) is 0 Å². The van der Waals surface area contributed by atoms with E-state index in [9.17, 15) is 5.11 Å². The van der Waals surface area contributed by atoms with Gasteiger partial charge in [0.05, 0.1) is 29.0 Å². The minimum Gasteiger partial charge on any atom is -0.493 e. The van der Waals surface area contributed by atoms with Gasteiger partial charge in [-0.15, -0.1) is 0 Å². The van der Waals surface area contributed by atoms with Crippen molar-refractivity contribution in [2.45, 2.75) is 11.8 Å². The van der Waals surface area contributed by atoms with E-state index in [1.54, 1.807) is 0 Å². The molecule has 1 N–H and O–H groups in total. The molecule has 1 aromatic carbocycles. The number of hydrogen-bond acceptors (Lipinski definition) is 4. The Morgan fingerprint density at radius 3 is 3.12 bits per heavy atom. The monoisotopic (exact) mass is 430 g/mol. The van der Waals surface area contributed by atoms with Crippen LogP contribution in [-0.2, 0) is 9.60 Å². The van der Waals surface area contributed by atoms with Crippen LogP contribution in [0.25, 0.3) is 0 Å². The molecule has 17 heavy (non-hydrogen) atoms. The van der Waals surface area contributed by atoms with Gasteiger partial charge in [0.2, 0.25) is 0 Å². The Bertz CT molecular complexity index is 404. The number of hydrogen-bond donors (Lipinski definition) is 1. The number of aliphatic hydroxyl groups is 1. The highest BCUT2D eigenvalue weighted by molar-refractivity contribution is 14.2. The van der Waals surface area contributed by atoms with E-state index in [1.165, 1.54) is 9.21 Å². The Kier molecular flexibility index (Phi) is 4.99. The quantitative estimate of drug-likeness (QED) is 0.586. The Balaban J connectivity index is 2.39. The van der Waals surface area contributed by atoms with E-state index in [0.29, 0.717) is 13.2 Å². The minimum atomic E-state index is -0.352. The molecule has 1 aromatic rings. The summed E-state index contributed by atoms with van der Waals surface area (Å²) in [6, 6.07) is 5.88. The molecule has 0 saturated carbocycles. The van der Waals surface area contributed by atoms with Crippen LogP contribution in [0.5, 0.6) is 5.75 Å². The molecule has 0 aromatic heterocycles. The SMILES string of the molecule is OCC1(COSI)CCOc2ccc(Br)cc21. The lowest BCUT2D eigenvalue weighted by atomic mass is 9.77. The lowest BCUT2D eigenvalue weighted by Gasteiger charge is -2.36. The summed E-state index contributed by atoms with van der Waals surface area (Å²) >= 11 is 5.54. The Labute approximate surface area is 125 Å². The van der Waals surface area contributed by atoms with E-state index in [0.717, 1.165) is 22.2 Å². The third-order valence-corrected chi connectivity index (χ3v) is 4.50. The van der Waals surface area contributed by atoms with Gasteiger partial charge in [0, 0.05) is 36.7 Å². The number of benzene rings is 1. The van der Waals surface area contributed by atoms with Crippen LogP contribution in [0, 0.1) is 0 Å². The second-order valence-corrected chi connectivity index (χ2v) is 6.36. The first-order chi connectivity index (χ1) is 8.22. The van der Waals surface area contributed by atoms with E-state index < -0.39 is 0 Å². The molecule has 1 atom stereocenters. The zero-order valence-electron chi connectivity index (χ0n) is 8.99. The van der Waals surface area contributed by atoms with Gasteiger partial charge in [-0.2, -0.15) is 0 Å². The van der Waals surface area contributed by atoms with Crippen molar-refractivity contribution in [3.8, 4) is 5.75 Å². The van der Waals surface area contributed by atoms with Crippen LogP contribution in [0.15, 0.2) is 22.7 Å². The first kappa shape index (κ1) is 13.9. The smallest absolute Gasteiger partial charge is 0.123 e. The average molecular weight is 431 g/mol. The van der Waals surface area contributed by atoms with Crippen LogP contribution in [-0.4, -0.2) is 24.9 Å². The second-order valence-electron chi connectivity index (χ2n) is 4.00. The number of halogens is 2. The van der Waals surface area contributed by atoms with E-state index in [2.05, 4.69) is 37.1 Å². The Hall–Kier alpha value is 0.500. The summed E-state index contributed by atoms with van der Waals surface area (Å²) < 4.78 is 12.0. The Morgan fingerprint density at radius 1 is 1.59 bits per heavy atom. The van der Waals surface area contributed by atoms with E-state index in [4.69, 9.17) is 8.92 Å². The summed E-state index contributed by atoms with van der Waals surface area (Å²) in [4.78, 5) is 0. The predicted molar refractivity (Wildman–Crippen MR) is 80.6 cm³/mol. The molecular formula is C11H12BrIO3S. The first-order valence-corrected chi connectivity index (χ1v) is 9.23. The topological polar surface area (TPSA) is 38.7 Å². The average Bonchev–Trinajstić information content (AvgIpc) is 2.36. The van der Waals surface area contributed by atoms with Crippen molar-refractivity contribution in [3.05, 3.63) is 28.2 Å². The number of aliphatic hydroxyl groups excluding tert-OH is 1. The van der Waals surface area contributed by atoms with Crippen LogP contribution < -0.4 is 4.74 Å². The molecule has 0 amide bonds. The fourth-order valence-electron chi connectivity index (χ4n) is 2.03. The van der Waals surface area contributed by atoms with Gasteiger partial charge in [0.25, 0.3) is 0 Å². The largest absolute Gasteiger partial charge is 0.493 e. The van der Waals surface area contributed by atoms with Crippen LogP contribution in [0.2, 0.25) is 0 Å². The molecule has 0 radical (unpaired) electrons. The van der Waals surface area contributed by atoms with Gasteiger partial charge in [-0.05, 0) is 24.6 Å². The molecule has 1 unspecified atom stereocenters. The zero-order valence-corrected chi connectivity index (χ0v) is 13.5. The summed E-state index contributed by atoms with van der Waals surface area (Å²) in [6.45, 7) is 1.17. The molecule has 6 heteroatoms. The van der Waals surface area contributed by atoms with Crippen LogP contribution in [0.4, 0.5) is 0 Å². The normalized spacial score (nSPS) is 23.0. The van der Waals surface area contributed by atoms with Crippen molar-refractivity contribution >= 4 is 46.3 Å². The van der Waals surface area contributed by atoms with Gasteiger partial charge in [-0.3, -0.25) is 0 Å². The maximum Gasteiger partial charge on any atom is 0.123 e. The van der Waals surface area contributed by atoms with E-state index in [1.807, 2.05) is 18.2 Å². The summed E-state index contributed by atoms with van der Waals surface area (Å²) in [6.07, 6.45) is 0.768. The maximum absolute atomic E-state index is 9.74. The summed E-state index contributed by atoms with van der Waals surface area (Å²) in [5.74, 6) is 0.843. The number of rotatable bonds is 4. The van der Waals surface area contributed by atoms with E-state index >= 15 is 0 Å². The van der Waals surface area contributed by atoms with Gasteiger partial charge >= 0.3 is 0 Å². The van der Waals surface area contributed by atoms with Crippen LogP contribution >= 0.6 is 46.3 Å². The van der Waals surface area contributed by atoms with Crippen molar-refractivity contribution in [1.29, 1.82) is 0 Å². The summed E-state index contributed by atoms with van der Waals surface area (Å²) in [7, 11) is 1.29. The molecule has 0 spiro atoms. The molecular weight excluding hydrogens is 419 g/mol. The summed E-state index contributed by atoms with van der Waals surface area (Å²) in [5.41, 5.74) is 0.668. The van der Waals surface area contributed by atoms with E-state index in [-0.39, 0.29) is 12.0 Å². The minimum absolute atomic E-state index is 0.0665. The molecule has 0 saturated heterocycles. The van der Waals surface area contributed by atoms with Gasteiger partial charge in [-0.25, -0.2) is 0 Å². The third-order valence-electron chi connectivity index (χ3n) is 3.03. The highest BCUT2D eigenvalue weighted by atomic mass is 127. The molecule has 0 aliphatic carbocycles. The fraction of sp³-hybridized carbons (Fsp3) is 0.455. The molecule has 0 bridgehead atoms. The molecule has 1 aliphatic rings. The van der Waals surface area contributed by atoms with Crippen molar-refractivity contribution < 1.29 is 14.0 Å². The standard InChI is InChI=1S/C11H12BrIO3S/c12-8-1-2-10-9(5-8)11(6-14,3-4-15-10)7-16-17-13/h1-2,5,14H,3-4,6-7H2. The van der Waals surface area contributed by atoms with Gasteiger partial charge in [-0.1, -0.05) is 15.9 Å². The fourth-order valence-corrected chi connectivity index (χ4v) is 3.04. The first-order valence-electron chi connectivity index (χ1n) is 5.16. The highest BCUT2D eigenvalue weighted by Crippen LogP contribution is 2.41. The van der Waals surface area contributed by atoms with Gasteiger partial charge < -0.3 is 14.0 Å². The highest BCUT2D eigenvalue weighted by Gasteiger charge is 2.38. The molecule has 94 valence electrons. The van der Waals surface area contributed by atoms with Gasteiger partial charge in [0.1, 0.15) is 5.75 Å². The maximum atomic E-state index is 9.74. The molecule has 1 aliphatic heterocycles. The second kappa shape index (κ2) is 6.10. The molecule has 1 heterocycles. The van der Waals surface area contributed by atoms with Crippen molar-refractivity contribution in [3.63, 3.8) is 0 Å².